The molecule has 0 aliphatic carbocycles. The Balaban J connectivity index is 1.99. The van der Waals surface area contributed by atoms with Gasteiger partial charge >= 0.3 is 0 Å². The van der Waals surface area contributed by atoms with Gasteiger partial charge in [-0.15, -0.1) is 0 Å². The van der Waals surface area contributed by atoms with Crippen LogP contribution in [0.25, 0.3) is 0 Å². The standard InChI is InChI=1S/C15H15ClNOP/c1-17-14(12-8-4-2-5-9-12)15(18-19(17)16)13-10-6-3-7-11-13/h2-11,14-15H,1H3. The number of hydrogen-bond acceptors (Lipinski definition) is 2. The summed E-state index contributed by atoms with van der Waals surface area (Å²) in [5.74, 6) is 0. The topological polar surface area (TPSA) is 12.5 Å². The highest BCUT2D eigenvalue weighted by Gasteiger charge is 2.41. The molecule has 98 valence electrons. The Labute approximate surface area is 119 Å². The summed E-state index contributed by atoms with van der Waals surface area (Å²) in [5.41, 5.74) is 2.42. The van der Waals surface area contributed by atoms with Crippen molar-refractivity contribution in [2.75, 3.05) is 7.05 Å². The molecule has 1 aliphatic heterocycles. The van der Waals surface area contributed by atoms with Crippen LogP contribution in [-0.2, 0) is 4.52 Å². The van der Waals surface area contributed by atoms with Gasteiger partial charge < -0.3 is 4.52 Å². The molecule has 1 fully saturated rings. The molecule has 3 unspecified atom stereocenters. The summed E-state index contributed by atoms with van der Waals surface area (Å²) in [6.07, 6.45) is -0.00258. The van der Waals surface area contributed by atoms with Crippen LogP contribution in [-0.4, -0.2) is 11.7 Å². The number of hydrogen-bond donors (Lipinski definition) is 0. The van der Waals surface area contributed by atoms with Crippen LogP contribution in [0.15, 0.2) is 60.7 Å². The number of benzene rings is 2. The first-order valence-corrected chi connectivity index (χ1v) is 8.34. The van der Waals surface area contributed by atoms with Gasteiger partial charge in [0.1, 0.15) is 6.10 Å². The molecular formula is C15H15ClNOP. The lowest BCUT2D eigenvalue weighted by atomic mass is 9.96. The minimum absolute atomic E-state index is 0.00258. The molecule has 2 aromatic carbocycles. The summed E-state index contributed by atoms with van der Waals surface area (Å²) in [5, 5.41) is 0. The fraction of sp³-hybridized carbons (Fsp3) is 0.200. The molecule has 1 heterocycles. The number of halogens is 1. The second kappa shape index (κ2) is 5.60. The fourth-order valence-electron chi connectivity index (χ4n) is 2.45. The Hall–Kier alpha value is -0.920. The van der Waals surface area contributed by atoms with Crippen molar-refractivity contribution >= 4 is 18.9 Å². The molecular weight excluding hydrogens is 277 g/mol. The van der Waals surface area contributed by atoms with E-state index >= 15 is 0 Å². The zero-order chi connectivity index (χ0) is 13.2. The van der Waals surface area contributed by atoms with E-state index in [4.69, 9.17) is 15.8 Å². The lowest BCUT2D eigenvalue weighted by Gasteiger charge is -2.23. The molecule has 3 atom stereocenters. The van der Waals surface area contributed by atoms with Gasteiger partial charge in [0, 0.05) is 0 Å². The van der Waals surface area contributed by atoms with Crippen molar-refractivity contribution in [3.05, 3.63) is 71.8 Å². The Bertz CT molecular complexity index is 536. The van der Waals surface area contributed by atoms with E-state index in [0.717, 1.165) is 0 Å². The van der Waals surface area contributed by atoms with Crippen molar-refractivity contribution in [2.24, 2.45) is 0 Å². The smallest absolute Gasteiger partial charge is 0.207 e. The molecule has 3 rings (SSSR count). The molecule has 0 amide bonds. The van der Waals surface area contributed by atoms with E-state index in [1.165, 1.54) is 11.1 Å². The molecule has 0 radical (unpaired) electrons. The zero-order valence-corrected chi connectivity index (χ0v) is 12.3. The highest BCUT2D eigenvalue weighted by molar-refractivity contribution is 7.78. The molecule has 0 aromatic heterocycles. The highest BCUT2D eigenvalue weighted by atomic mass is 35.7. The van der Waals surface area contributed by atoms with E-state index in [1.807, 2.05) is 31.3 Å². The Morgan fingerprint density at radius 1 is 0.947 bits per heavy atom. The summed E-state index contributed by atoms with van der Waals surface area (Å²) in [6, 6.07) is 20.9. The molecule has 0 saturated carbocycles. The van der Waals surface area contributed by atoms with E-state index in [2.05, 4.69) is 41.1 Å². The van der Waals surface area contributed by atoms with Gasteiger partial charge in [-0.05, 0) is 29.4 Å². The lowest BCUT2D eigenvalue weighted by Crippen LogP contribution is -2.17. The molecule has 2 aromatic rings. The maximum atomic E-state index is 6.32. The Kier molecular flexibility index (Phi) is 3.86. The first-order valence-electron chi connectivity index (χ1n) is 6.22. The summed E-state index contributed by atoms with van der Waals surface area (Å²) in [4.78, 5) is 0. The van der Waals surface area contributed by atoms with Crippen LogP contribution in [0.1, 0.15) is 23.3 Å². The predicted molar refractivity (Wildman–Crippen MR) is 80.0 cm³/mol. The van der Waals surface area contributed by atoms with Crippen molar-refractivity contribution in [1.82, 2.24) is 4.67 Å². The highest BCUT2D eigenvalue weighted by Crippen LogP contribution is 2.63. The SMILES string of the molecule is CN1C(c2ccccc2)C(c2ccccc2)OP1Cl. The van der Waals surface area contributed by atoms with Crippen molar-refractivity contribution in [2.45, 2.75) is 12.1 Å². The first kappa shape index (κ1) is 13.1. The van der Waals surface area contributed by atoms with E-state index < -0.39 is 7.65 Å². The molecule has 0 N–H and O–H groups in total. The summed E-state index contributed by atoms with van der Waals surface area (Å²) >= 11 is 6.32. The van der Waals surface area contributed by atoms with E-state index in [9.17, 15) is 0 Å². The molecule has 0 bridgehead atoms. The van der Waals surface area contributed by atoms with Gasteiger partial charge in [-0.25, -0.2) is 4.67 Å². The van der Waals surface area contributed by atoms with Crippen LogP contribution in [0.4, 0.5) is 0 Å². The van der Waals surface area contributed by atoms with Gasteiger partial charge in [0.15, 0.2) is 0 Å². The molecule has 4 heteroatoms. The molecule has 0 spiro atoms. The van der Waals surface area contributed by atoms with Crippen LogP contribution in [0.5, 0.6) is 0 Å². The van der Waals surface area contributed by atoms with Crippen LogP contribution in [0, 0.1) is 0 Å². The third-order valence-corrected chi connectivity index (χ3v) is 5.51. The van der Waals surface area contributed by atoms with E-state index in [1.54, 1.807) is 0 Å². The van der Waals surface area contributed by atoms with Gasteiger partial charge in [-0.2, -0.15) is 0 Å². The zero-order valence-electron chi connectivity index (χ0n) is 10.6. The predicted octanol–water partition coefficient (Wildman–Crippen LogP) is 4.90. The summed E-state index contributed by atoms with van der Waals surface area (Å²) in [7, 11) is 0.981. The van der Waals surface area contributed by atoms with Crippen molar-refractivity contribution < 1.29 is 4.52 Å². The van der Waals surface area contributed by atoms with Crippen molar-refractivity contribution in [3.8, 4) is 0 Å². The summed E-state index contributed by atoms with van der Waals surface area (Å²) in [6.45, 7) is 0. The monoisotopic (exact) mass is 291 g/mol. The molecule has 1 aliphatic rings. The normalized spacial score (nSPS) is 27.6. The Morgan fingerprint density at radius 2 is 1.47 bits per heavy atom. The van der Waals surface area contributed by atoms with Crippen LogP contribution in [0.3, 0.4) is 0 Å². The maximum absolute atomic E-state index is 6.32. The Morgan fingerprint density at radius 3 is 2.05 bits per heavy atom. The second-order valence-corrected chi connectivity index (χ2v) is 6.75. The lowest BCUT2D eigenvalue weighted by molar-refractivity contribution is 0.210. The molecule has 2 nitrogen and oxygen atoms in total. The number of nitrogens with zero attached hydrogens (tertiary/aromatic N) is 1. The first-order chi connectivity index (χ1) is 9.27. The average Bonchev–Trinajstić information content (AvgIpc) is 2.77. The van der Waals surface area contributed by atoms with Crippen molar-refractivity contribution in [3.63, 3.8) is 0 Å². The summed E-state index contributed by atoms with van der Waals surface area (Å²) < 4.78 is 8.11. The van der Waals surface area contributed by atoms with Crippen LogP contribution in [0.2, 0.25) is 0 Å². The largest absolute Gasteiger partial charge is 0.321 e. The van der Waals surface area contributed by atoms with E-state index in [0.29, 0.717) is 0 Å². The quantitative estimate of drug-likeness (QED) is 0.730. The number of likely N-dealkylation sites (N-methyl/N-ethyl adjacent to an activating group) is 1. The molecule has 1 saturated heterocycles. The minimum atomic E-state index is -1.05. The third-order valence-electron chi connectivity index (χ3n) is 3.41. The fourth-order valence-corrected chi connectivity index (χ4v) is 4.01. The van der Waals surface area contributed by atoms with Crippen molar-refractivity contribution in [1.29, 1.82) is 0 Å². The van der Waals surface area contributed by atoms with Crippen LogP contribution >= 0.6 is 18.9 Å². The molecule has 19 heavy (non-hydrogen) atoms. The second-order valence-electron chi connectivity index (χ2n) is 4.59. The van der Waals surface area contributed by atoms with Gasteiger partial charge in [-0.3, -0.25) is 0 Å². The minimum Gasteiger partial charge on any atom is -0.321 e. The van der Waals surface area contributed by atoms with Gasteiger partial charge in [0.05, 0.1) is 6.04 Å². The van der Waals surface area contributed by atoms with Gasteiger partial charge in [0.25, 0.3) is 0 Å². The van der Waals surface area contributed by atoms with Crippen LogP contribution < -0.4 is 0 Å². The van der Waals surface area contributed by atoms with E-state index in [-0.39, 0.29) is 12.1 Å². The average molecular weight is 292 g/mol. The maximum Gasteiger partial charge on any atom is 0.207 e. The van der Waals surface area contributed by atoms with Gasteiger partial charge in [-0.1, -0.05) is 60.7 Å². The van der Waals surface area contributed by atoms with Gasteiger partial charge in [0.2, 0.25) is 7.65 Å². The number of rotatable bonds is 2. The third kappa shape index (κ3) is 2.54.